The molecule has 0 saturated carbocycles. The molecule has 3 N–H and O–H groups in total. The lowest BCUT2D eigenvalue weighted by Gasteiger charge is -2.17. The van der Waals surface area contributed by atoms with E-state index in [-0.39, 0.29) is 11.1 Å². The average molecular weight is 269 g/mol. The van der Waals surface area contributed by atoms with Gasteiger partial charge in [-0.3, -0.25) is 0 Å². The smallest absolute Gasteiger partial charge is 0.339 e. The van der Waals surface area contributed by atoms with Crippen molar-refractivity contribution in [2.75, 3.05) is 18.1 Å². The predicted molar refractivity (Wildman–Crippen MR) is 74.5 cm³/mol. The molecule has 0 atom stereocenters. The Hall–Kier alpha value is -1.20. The minimum Gasteiger partial charge on any atom is -0.492 e. The van der Waals surface area contributed by atoms with Gasteiger partial charge in [-0.05, 0) is 26.0 Å². The number of hydrogen-bond acceptors (Lipinski definition) is 4. The van der Waals surface area contributed by atoms with Crippen molar-refractivity contribution in [2.45, 2.75) is 19.4 Å². The first-order chi connectivity index (χ1) is 8.40. The van der Waals surface area contributed by atoms with Crippen LogP contribution in [0.1, 0.15) is 24.2 Å². The number of carboxylic acid groups (broad SMARTS) is 1. The Morgan fingerprint density at radius 3 is 2.72 bits per heavy atom. The highest BCUT2D eigenvalue weighted by molar-refractivity contribution is 7.99. The first kappa shape index (κ1) is 14.9. The Balaban J connectivity index is 2.38. The molecule has 0 amide bonds. The van der Waals surface area contributed by atoms with Crippen LogP contribution in [0.25, 0.3) is 0 Å². The third-order valence-corrected chi connectivity index (χ3v) is 3.48. The molecule has 1 aromatic rings. The van der Waals surface area contributed by atoms with E-state index in [2.05, 4.69) is 0 Å². The molecule has 100 valence electrons. The molecule has 0 aromatic heterocycles. The number of thioether (sulfide) groups is 1. The molecular formula is C13H19NO3S. The highest BCUT2D eigenvalue weighted by atomic mass is 32.2. The van der Waals surface area contributed by atoms with Gasteiger partial charge in [-0.25, -0.2) is 4.79 Å². The van der Waals surface area contributed by atoms with Crippen LogP contribution in [-0.4, -0.2) is 34.7 Å². The molecule has 0 aliphatic heterocycles. The van der Waals surface area contributed by atoms with E-state index in [0.29, 0.717) is 12.4 Å². The van der Waals surface area contributed by atoms with Crippen molar-refractivity contribution < 1.29 is 14.6 Å². The third-order valence-electron chi connectivity index (χ3n) is 2.08. The Morgan fingerprint density at radius 2 is 2.11 bits per heavy atom. The van der Waals surface area contributed by atoms with Crippen LogP contribution in [0, 0.1) is 0 Å². The number of benzene rings is 1. The van der Waals surface area contributed by atoms with E-state index in [4.69, 9.17) is 15.6 Å². The number of nitrogens with two attached hydrogens (primary N) is 1. The molecule has 0 fully saturated rings. The van der Waals surface area contributed by atoms with Crippen molar-refractivity contribution in [1.29, 1.82) is 0 Å². The molecule has 18 heavy (non-hydrogen) atoms. The number of carbonyl (C=O) groups is 1. The summed E-state index contributed by atoms with van der Waals surface area (Å²) < 4.78 is 5.47. The van der Waals surface area contributed by atoms with Crippen LogP contribution in [0.15, 0.2) is 24.3 Å². The first-order valence-corrected chi connectivity index (χ1v) is 6.87. The molecule has 0 spiro atoms. The number of rotatable bonds is 7. The number of carboxylic acids is 1. The second-order valence-electron chi connectivity index (χ2n) is 4.69. The fourth-order valence-electron chi connectivity index (χ4n) is 1.31. The maximum atomic E-state index is 10.9. The van der Waals surface area contributed by atoms with Gasteiger partial charge >= 0.3 is 5.97 Å². The van der Waals surface area contributed by atoms with Gasteiger partial charge in [0.25, 0.3) is 0 Å². The quantitative estimate of drug-likeness (QED) is 0.743. The molecule has 4 nitrogen and oxygen atoms in total. The fraction of sp³-hybridized carbons (Fsp3) is 0.462. The van der Waals surface area contributed by atoms with Gasteiger partial charge in [0.1, 0.15) is 11.3 Å². The van der Waals surface area contributed by atoms with Gasteiger partial charge in [0.05, 0.1) is 6.61 Å². The predicted octanol–water partition coefficient (Wildman–Crippen LogP) is 2.23. The van der Waals surface area contributed by atoms with Crippen molar-refractivity contribution in [3.8, 4) is 5.75 Å². The highest BCUT2D eigenvalue weighted by Gasteiger charge is 2.11. The third kappa shape index (κ3) is 5.42. The van der Waals surface area contributed by atoms with Gasteiger partial charge < -0.3 is 15.6 Å². The summed E-state index contributed by atoms with van der Waals surface area (Å²) in [5, 5.41) is 8.97. The average Bonchev–Trinajstić information content (AvgIpc) is 2.27. The minimum absolute atomic E-state index is 0.191. The van der Waals surface area contributed by atoms with E-state index in [9.17, 15) is 4.79 Å². The zero-order chi connectivity index (χ0) is 13.6. The molecule has 0 bridgehead atoms. The Labute approximate surface area is 112 Å². The molecule has 1 aromatic carbocycles. The van der Waals surface area contributed by atoms with Crippen LogP contribution in [0.2, 0.25) is 0 Å². The van der Waals surface area contributed by atoms with Crippen LogP contribution in [0.5, 0.6) is 5.75 Å². The maximum absolute atomic E-state index is 10.9. The molecule has 0 heterocycles. The summed E-state index contributed by atoms with van der Waals surface area (Å²) in [7, 11) is 0. The summed E-state index contributed by atoms with van der Waals surface area (Å²) in [5.74, 6) is 1.07. The van der Waals surface area contributed by atoms with E-state index in [1.807, 2.05) is 13.8 Å². The van der Waals surface area contributed by atoms with Crippen molar-refractivity contribution in [3.05, 3.63) is 29.8 Å². The normalized spacial score (nSPS) is 11.3. The molecule has 5 heteroatoms. The lowest BCUT2D eigenvalue weighted by atomic mass is 10.1. The standard InChI is InChI=1S/C13H19NO3S/c1-13(2,14)9-18-8-7-17-11-6-4-3-5-10(11)12(15)16/h3-6H,7-9,14H2,1-2H3,(H,15,16). The van der Waals surface area contributed by atoms with Crippen molar-refractivity contribution in [1.82, 2.24) is 0 Å². The molecule has 0 saturated heterocycles. The summed E-state index contributed by atoms with van der Waals surface area (Å²) in [6.45, 7) is 4.42. The molecular weight excluding hydrogens is 250 g/mol. The van der Waals surface area contributed by atoms with Crippen LogP contribution < -0.4 is 10.5 Å². The van der Waals surface area contributed by atoms with E-state index < -0.39 is 5.97 Å². The number of ether oxygens (including phenoxy) is 1. The van der Waals surface area contributed by atoms with Crippen molar-refractivity contribution in [3.63, 3.8) is 0 Å². The summed E-state index contributed by atoms with van der Waals surface area (Å²) in [6.07, 6.45) is 0. The van der Waals surface area contributed by atoms with E-state index in [1.165, 1.54) is 6.07 Å². The van der Waals surface area contributed by atoms with E-state index in [1.54, 1.807) is 30.0 Å². The molecule has 0 unspecified atom stereocenters. The van der Waals surface area contributed by atoms with E-state index in [0.717, 1.165) is 11.5 Å². The van der Waals surface area contributed by atoms with E-state index >= 15 is 0 Å². The SMILES string of the molecule is CC(C)(N)CSCCOc1ccccc1C(=O)O. The minimum atomic E-state index is -0.971. The lowest BCUT2D eigenvalue weighted by Crippen LogP contribution is -2.34. The monoisotopic (exact) mass is 269 g/mol. The summed E-state index contributed by atoms with van der Waals surface area (Å²) in [5.41, 5.74) is 5.86. The topological polar surface area (TPSA) is 72.5 Å². The second-order valence-corrected chi connectivity index (χ2v) is 5.80. The largest absolute Gasteiger partial charge is 0.492 e. The van der Waals surface area contributed by atoms with Crippen LogP contribution >= 0.6 is 11.8 Å². The summed E-state index contributed by atoms with van der Waals surface area (Å²) in [4.78, 5) is 10.9. The highest BCUT2D eigenvalue weighted by Crippen LogP contribution is 2.18. The van der Waals surface area contributed by atoms with Gasteiger partial charge in [0.15, 0.2) is 0 Å². The maximum Gasteiger partial charge on any atom is 0.339 e. The number of hydrogen-bond donors (Lipinski definition) is 2. The summed E-state index contributed by atoms with van der Waals surface area (Å²) in [6, 6.07) is 6.65. The number of para-hydroxylation sites is 1. The molecule has 0 aliphatic rings. The fourth-order valence-corrected chi connectivity index (χ4v) is 2.19. The van der Waals surface area contributed by atoms with Crippen LogP contribution in [0.4, 0.5) is 0 Å². The zero-order valence-electron chi connectivity index (χ0n) is 10.7. The molecule has 1 rings (SSSR count). The van der Waals surface area contributed by atoms with Crippen LogP contribution in [-0.2, 0) is 0 Å². The van der Waals surface area contributed by atoms with Gasteiger partial charge in [-0.2, -0.15) is 11.8 Å². The van der Waals surface area contributed by atoms with Gasteiger partial charge in [0.2, 0.25) is 0 Å². The zero-order valence-corrected chi connectivity index (χ0v) is 11.5. The Bertz CT molecular complexity index is 401. The Kier molecular flexibility index (Phi) is 5.50. The second kappa shape index (κ2) is 6.66. The molecule has 0 aliphatic carbocycles. The first-order valence-electron chi connectivity index (χ1n) is 5.72. The van der Waals surface area contributed by atoms with Gasteiger partial charge in [-0.1, -0.05) is 12.1 Å². The van der Waals surface area contributed by atoms with Crippen molar-refractivity contribution in [2.24, 2.45) is 5.73 Å². The molecule has 0 radical (unpaired) electrons. The summed E-state index contributed by atoms with van der Waals surface area (Å²) >= 11 is 1.70. The lowest BCUT2D eigenvalue weighted by molar-refractivity contribution is 0.0692. The number of aromatic carboxylic acids is 1. The Morgan fingerprint density at radius 1 is 1.44 bits per heavy atom. The van der Waals surface area contributed by atoms with Gasteiger partial charge in [0, 0.05) is 17.0 Å². The van der Waals surface area contributed by atoms with Crippen LogP contribution in [0.3, 0.4) is 0 Å². The van der Waals surface area contributed by atoms with Gasteiger partial charge in [-0.15, -0.1) is 0 Å². The van der Waals surface area contributed by atoms with Crippen molar-refractivity contribution >= 4 is 17.7 Å².